The highest BCUT2D eigenvalue weighted by molar-refractivity contribution is 5.98. The van der Waals surface area contributed by atoms with Gasteiger partial charge in [0.25, 0.3) is 0 Å². The molecular formula is C37H45F5N4O. The quantitative estimate of drug-likeness (QED) is 0.109. The Labute approximate surface area is 275 Å². The van der Waals surface area contributed by atoms with E-state index >= 15 is 0 Å². The smallest absolute Gasteiger partial charge is 0.353 e. The molecule has 254 valence electrons. The monoisotopic (exact) mass is 656 g/mol. The highest BCUT2D eigenvalue weighted by atomic mass is 19.4. The first-order chi connectivity index (χ1) is 22.4. The highest BCUT2D eigenvalue weighted by Crippen LogP contribution is 2.31. The molecule has 1 aliphatic carbocycles. The fourth-order valence-corrected chi connectivity index (χ4v) is 4.18. The van der Waals surface area contributed by atoms with Crippen LogP contribution in [0, 0.1) is 35.8 Å². The summed E-state index contributed by atoms with van der Waals surface area (Å²) in [6, 6.07) is 20.9. The number of allylic oxidation sites excluding steroid dienone is 3. The normalized spacial score (nSPS) is 12.9. The molecule has 0 aliphatic heterocycles. The van der Waals surface area contributed by atoms with Crippen LogP contribution in [-0.4, -0.2) is 25.6 Å². The van der Waals surface area contributed by atoms with Crippen molar-refractivity contribution < 1.29 is 26.7 Å². The van der Waals surface area contributed by atoms with E-state index in [1.165, 1.54) is 31.5 Å². The van der Waals surface area contributed by atoms with Gasteiger partial charge in [0.1, 0.15) is 17.7 Å². The number of halogens is 5. The maximum atomic E-state index is 13.5. The van der Waals surface area contributed by atoms with Gasteiger partial charge in [0, 0.05) is 12.1 Å². The zero-order chi connectivity index (χ0) is 35.6. The fourth-order valence-electron chi connectivity index (χ4n) is 4.18. The second-order valence-electron chi connectivity index (χ2n) is 10.4. The molecule has 1 fully saturated rings. The first-order valence-electron chi connectivity index (χ1n) is 15.5. The van der Waals surface area contributed by atoms with E-state index in [0.29, 0.717) is 18.1 Å². The number of nitrogens with zero attached hydrogens (tertiary/aromatic N) is 1. The van der Waals surface area contributed by atoms with Gasteiger partial charge in [-0.15, -0.1) is 0 Å². The number of ketones is 1. The maximum absolute atomic E-state index is 13.5. The number of nitrogens with one attached hydrogen (secondary N) is 2. The summed E-state index contributed by atoms with van der Waals surface area (Å²) in [6.45, 7) is 11.5. The predicted octanol–water partition coefficient (Wildman–Crippen LogP) is 9.31. The summed E-state index contributed by atoms with van der Waals surface area (Å²) in [5.41, 5.74) is 5.92. The van der Waals surface area contributed by atoms with Crippen LogP contribution in [0.2, 0.25) is 0 Å². The van der Waals surface area contributed by atoms with Crippen molar-refractivity contribution in [3.63, 3.8) is 0 Å². The summed E-state index contributed by atoms with van der Waals surface area (Å²) in [4.78, 5) is 12.0. The van der Waals surface area contributed by atoms with Crippen molar-refractivity contribution in [3.05, 3.63) is 125 Å². The number of nitrogens with two attached hydrogens (primary N) is 1. The molecule has 1 atom stereocenters. The highest BCUT2D eigenvalue weighted by Gasteiger charge is 2.31. The number of carbonyl (C=O) groups is 1. The van der Waals surface area contributed by atoms with E-state index in [-0.39, 0.29) is 35.2 Å². The van der Waals surface area contributed by atoms with E-state index in [4.69, 9.17) is 5.26 Å². The zero-order valence-electron chi connectivity index (χ0n) is 27.6. The number of carbonyl (C=O) groups excluding carboxylic acids is 1. The Bertz CT molecular complexity index is 1490. The fraction of sp³-hybridized carbons (Fsp3) is 0.351. The molecule has 0 bridgehead atoms. The van der Waals surface area contributed by atoms with Gasteiger partial charge < -0.3 is 16.4 Å². The van der Waals surface area contributed by atoms with Gasteiger partial charge in [-0.05, 0) is 92.7 Å². The lowest BCUT2D eigenvalue weighted by atomic mass is 9.97. The first-order valence-corrected chi connectivity index (χ1v) is 15.5. The van der Waals surface area contributed by atoms with Gasteiger partial charge in [-0.1, -0.05) is 69.8 Å². The topological polar surface area (TPSA) is 90.9 Å². The Morgan fingerprint density at radius 1 is 1.02 bits per heavy atom. The van der Waals surface area contributed by atoms with Gasteiger partial charge in [-0.25, -0.2) is 8.78 Å². The van der Waals surface area contributed by atoms with Crippen LogP contribution >= 0.6 is 0 Å². The average Bonchev–Trinajstić information content (AvgIpc) is 3.90. The van der Waals surface area contributed by atoms with Crippen LogP contribution in [0.1, 0.15) is 74.8 Å². The van der Waals surface area contributed by atoms with Gasteiger partial charge in [0.05, 0.1) is 22.9 Å². The zero-order valence-corrected chi connectivity index (χ0v) is 27.6. The molecule has 0 saturated heterocycles. The van der Waals surface area contributed by atoms with Gasteiger partial charge >= 0.3 is 6.18 Å². The molecule has 1 unspecified atom stereocenters. The summed E-state index contributed by atoms with van der Waals surface area (Å²) in [5.74, 6) is -0.616. The Hall–Kier alpha value is -4.33. The molecule has 3 aromatic rings. The molecule has 0 radical (unpaired) electrons. The second kappa shape index (κ2) is 20.7. The molecule has 3 aromatic carbocycles. The van der Waals surface area contributed by atoms with Crippen LogP contribution in [0.15, 0.2) is 90.7 Å². The summed E-state index contributed by atoms with van der Waals surface area (Å²) >= 11 is 0. The molecule has 4 N–H and O–H groups in total. The van der Waals surface area contributed by atoms with E-state index in [1.54, 1.807) is 19.1 Å². The van der Waals surface area contributed by atoms with Crippen LogP contribution in [-0.2, 0) is 4.79 Å². The van der Waals surface area contributed by atoms with Crippen molar-refractivity contribution in [1.29, 1.82) is 5.26 Å². The molecule has 1 aliphatic rings. The Morgan fingerprint density at radius 3 is 2.17 bits per heavy atom. The molecule has 4 rings (SSSR count). The molecule has 47 heavy (non-hydrogen) atoms. The third-order valence-corrected chi connectivity index (χ3v) is 6.78. The maximum Gasteiger partial charge on any atom is 0.415 e. The SMILES string of the molecule is C=C(/C=C(\Nc1ccc(F)c(C#N)c1)C(=O)CCC)C(F)(F)F.CC.CN.Cc1cc(C(NCC2CC2)c2ccccc2)ccc1F. The summed E-state index contributed by atoms with van der Waals surface area (Å²) in [5, 5.41) is 14.9. The third-order valence-electron chi connectivity index (χ3n) is 6.78. The van der Waals surface area contributed by atoms with E-state index in [1.807, 2.05) is 39.0 Å². The van der Waals surface area contributed by atoms with Gasteiger partial charge in [-0.3, -0.25) is 4.79 Å². The minimum Gasteiger partial charge on any atom is -0.353 e. The number of benzene rings is 3. The minimum absolute atomic E-state index is 0.0380. The number of aryl methyl sites for hydroxylation is 1. The van der Waals surface area contributed by atoms with Crippen LogP contribution in [0.5, 0.6) is 0 Å². The molecule has 1 saturated carbocycles. The largest absolute Gasteiger partial charge is 0.415 e. The van der Waals surface area contributed by atoms with Gasteiger partial charge in [-0.2, -0.15) is 18.4 Å². The molecule has 0 aromatic heterocycles. The minimum atomic E-state index is -4.67. The Kier molecular flexibility index (Phi) is 17.9. The Balaban J connectivity index is 0.000000427. The third kappa shape index (κ3) is 13.9. The lowest BCUT2D eigenvalue weighted by Gasteiger charge is -2.20. The van der Waals surface area contributed by atoms with E-state index in [0.717, 1.165) is 30.2 Å². The summed E-state index contributed by atoms with van der Waals surface area (Å²) in [7, 11) is 1.50. The number of hydrogen-bond acceptors (Lipinski definition) is 5. The summed E-state index contributed by atoms with van der Waals surface area (Å²) in [6.07, 6.45) is -0.916. The van der Waals surface area contributed by atoms with E-state index in [9.17, 15) is 26.7 Å². The predicted molar refractivity (Wildman–Crippen MR) is 180 cm³/mol. The van der Waals surface area contributed by atoms with Crippen molar-refractivity contribution in [2.24, 2.45) is 11.7 Å². The van der Waals surface area contributed by atoms with Crippen molar-refractivity contribution in [2.45, 2.75) is 65.6 Å². The van der Waals surface area contributed by atoms with Gasteiger partial charge in [0.15, 0.2) is 5.78 Å². The molecule has 0 spiro atoms. The average molecular weight is 657 g/mol. The molecule has 0 heterocycles. The van der Waals surface area contributed by atoms with Crippen LogP contribution in [0.4, 0.5) is 27.6 Å². The number of Topliss-reactive ketones (excluding diaryl/α,β-unsaturated/α-hetero) is 1. The second-order valence-corrected chi connectivity index (χ2v) is 10.4. The van der Waals surface area contributed by atoms with Crippen molar-refractivity contribution in [1.82, 2.24) is 5.32 Å². The Morgan fingerprint density at radius 2 is 1.64 bits per heavy atom. The molecule has 5 nitrogen and oxygen atoms in total. The number of nitriles is 1. The van der Waals surface area contributed by atoms with E-state index in [2.05, 4.69) is 47.2 Å². The number of alkyl halides is 3. The standard InChI is InChI=1S/C18H20FN.C16H14F4N2O.C2H6.CH5N/c1-13-11-16(9-10-17(13)19)18(20-12-14-7-8-14)15-5-3-2-4-6-15;1-3-4-15(23)14(7-10(2)16(18,19)20)22-12-5-6-13(17)11(8-12)9-21;2*1-2/h2-6,9-11,14,18,20H,7-8,12H2,1H3;5-8,22H,2-4H2,1H3;1-2H3;2H2,1H3/b;14-7-;;. The number of rotatable bonds is 11. The van der Waals surface area contributed by atoms with Crippen molar-refractivity contribution >= 4 is 11.5 Å². The van der Waals surface area contributed by atoms with E-state index < -0.39 is 23.3 Å². The molecular weight excluding hydrogens is 611 g/mol. The van der Waals surface area contributed by atoms with Crippen molar-refractivity contribution in [3.8, 4) is 6.07 Å². The number of hydrogen-bond donors (Lipinski definition) is 3. The lowest BCUT2D eigenvalue weighted by Crippen LogP contribution is -2.24. The van der Waals surface area contributed by atoms with Crippen LogP contribution < -0.4 is 16.4 Å². The molecule has 10 heteroatoms. The molecule has 0 amide bonds. The summed E-state index contributed by atoms with van der Waals surface area (Å²) < 4.78 is 64.5. The van der Waals surface area contributed by atoms with Crippen LogP contribution in [0.25, 0.3) is 0 Å². The number of anilines is 1. The van der Waals surface area contributed by atoms with Crippen LogP contribution in [0.3, 0.4) is 0 Å². The van der Waals surface area contributed by atoms with Gasteiger partial charge in [0.2, 0.25) is 0 Å². The first kappa shape index (κ1) is 40.7. The van der Waals surface area contributed by atoms with Crippen molar-refractivity contribution in [2.75, 3.05) is 18.9 Å². The lowest BCUT2D eigenvalue weighted by molar-refractivity contribution is -0.115.